The van der Waals surface area contributed by atoms with Crippen molar-refractivity contribution in [1.29, 1.82) is 0 Å². The molecule has 6 heteroatoms. The third kappa shape index (κ3) is 7.48. The molecule has 30 heavy (non-hydrogen) atoms. The molecule has 2 aromatic carbocycles. The van der Waals surface area contributed by atoms with Gasteiger partial charge in [-0.15, -0.1) is 0 Å². The predicted molar refractivity (Wildman–Crippen MR) is 123 cm³/mol. The second kappa shape index (κ2) is 10.6. The fraction of sp³-hybridized carbons (Fsp3) is 0.417. The quantitative estimate of drug-likeness (QED) is 0.594. The summed E-state index contributed by atoms with van der Waals surface area (Å²) in [6, 6.07) is 14.7. The van der Waals surface area contributed by atoms with Gasteiger partial charge in [0.25, 0.3) is 5.91 Å². The van der Waals surface area contributed by atoms with Crippen LogP contribution in [0.15, 0.2) is 53.0 Å². The maximum Gasteiger partial charge on any atom is 0.261 e. The van der Waals surface area contributed by atoms with Crippen LogP contribution in [0.2, 0.25) is 0 Å². The van der Waals surface area contributed by atoms with Gasteiger partial charge in [0.1, 0.15) is 11.8 Å². The molecule has 2 amide bonds. The maximum atomic E-state index is 13.1. The first-order valence-electron chi connectivity index (χ1n) is 10.1. The lowest BCUT2D eigenvalue weighted by atomic mass is 10.1. The first-order valence-corrected chi connectivity index (χ1v) is 10.9. The SMILES string of the molecule is CCC(C(=O)NC(C)(C)C)N(Cc1ccc(C)cc1)C(=O)COc1ccc(Br)cc1. The highest BCUT2D eigenvalue weighted by atomic mass is 79.9. The molecule has 1 unspecified atom stereocenters. The molecule has 0 spiro atoms. The van der Waals surface area contributed by atoms with E-state index in [2.05, 4.69) is 21.2 Å². The van der Waals surface area contributed by atoms with E-state index in [1.54, 1.807) is 17.0 Å². The molecule has 1 atom stereocenters. The summed E-state index contributed by atoms with van der Waals surface area (Å²) >= 11 is 3.38. The minimum atomic E-state index is -0.577. The number of rotatable bonds is 8. The van der Waals surface area contributed by atoms with Gasteiger partial charge in [-0.2, -0.15) is 0 Å². The predicted octanol–water partition coefficient (Wildman–Crippen LogP) is 4.86. The van der Waals surface area contributed by atoms with E-state index in [1.807, 2.05) is 71.0 Å². The Morgan fingerprint density at radius 2 is 1.67 bits per heavy atom. The van der Waals surface area contributed by atoms with Gasteiger partial charge >= 0.3 is 0 Å². The number of hydrogen-bond acceptors (Lipinski definition) is 3. The Morgan fingerprint density at radius 1 is 1.07 bits per heavy atom. The van der Waals surface area contributed by atoms with Gasteiger partial charge in [0.2, 0.25) is 5.91 Å². The summed E-state index contributed by atoms with van der Waals surface area (Å²) in [5, 5.41) is 3.00. The van der Waals surface area contributed by atoms with Gasteiger partial charge in [-0.25, -0.2) is 0 Å². The summed E-state index contributed by atoms with van der Waals surface area (Å²) in [7, 11) is 0. The second-order valence-corrected chi connectivity index (χ2v) is 9.33. The van der Waals surface area contributed by atoms with Crippen LogP contribution in [0.4, 0.5) is 0 Å². The molecule has 0 fully saturated rings. The van der Waals surface area contributed by atoms with Crippen molar-refractivity contribution in [3.8, 4) is 5.75 Å². The molecule has 2 aromatic rings. The van der Waals surface area contributed by atoms with E-state index >= 15 is 0 Å². The molecule has 1 N–H and O–H groups in total. The summed E-state index contributed by atoms with van der Waals surface area (Å²) < 4.78 is 6.63. The molecule has 0 saturated heterocycles. The second-order valence-electron chi connectivity index (χ2n) is 8.41. The van der Waals surface area contributed by atoms with Crippen LogP contribution in [-0.2, 0) is 16.1 Å². The zero-order chi connectivity index (χ0) is 22.3. The Hall–Kier alpha value is -2.34. The lowest BCUT2D eigenvalue weighted by Crippen LogP contribution is -2.54. The van der Waals surface area contributed by atoms with Gasteiger partial charge in [0, 0.05) is 16.6 Å². The highest BCUT2D eigenvalue weighted by Crippen LogP contribution is 2.18. The van der Waals surface area contributed by atoms with Gasteiger partial charge in [-0.3, -0.25) is 9.59 Å². The van der Waals surface area contributed by atoms with E-state index in [0.29, 0.717) is 18.7 Å². The molecule has 0 aliphatic carbocycles. The van der Waals surface area contributed by atoms with Gasteiger partial charge in [-0.05, 0) is 63.9 Å². The highest BCUT2D eigenvalue weighted by molar-refractivity contribution is 9.10. The summed E-state index contributed by atoms with van der Waals surface area (Å²) in [4.78, 5) is 27.7. The molecule has 0 heterocycles. The van der Waals surface area contributed by atoms with Crippen LogP contribution in [-0.4, -0.2) is 34.9 Å². The fourth-order valence-electron chi connectivity index (χ4n) is 3.02. The molecular weight excluding hydrogens is 444 g/mol. The number of hydrogen-bond donors (Lipinski definition) is 1. The van der Waals surface area contributed by atoms with E-state index in [0.717, 1.165) is 15.6 Å². The van der Waals surface area contributed by atoms with E-state index in [4.69, 9.17) is 4.74 Å². The number of carbonyl (C=O) groups excluding carboxylic acids is 2. The first-order chi connectivity index (χ1) is 14.1. The van der Waals surface area contributed by atoms with E-state index in [1.165, 1.54) is 0 Å². The zero-order valence-electron chi connectivity index (χ0n) is 18.4. The van der Waals surface area contributed by atoms with Crippen LogP contribution < -0.4 is 10.1 Å². The van der Waals surface area contributed by atoms with E-state index in [-0.39, 0.29) is 24.0 Å². The number of carbonyl (C=O) groups is 2. The van der Waals surface area contributed by atoms with Crippen LogP contribution in [0.5, 0.6) is 5.75 Å². The lowest BCUT2D eigenvalue weighted by molar-refractivity contribution is -0.143. The minimum absolute atomic E-state index is 0.132. The normalized spacial score (nSPS) is 12.2. The Bertz CT molecular complexity index is 842. The van der Waals surface area contributed by atoms with Crippen LogP contribution in [0.1, 0.15) is 45.2 Å². The molecule has 0 radical (unpaired) electrons. The van der Waals surface area contributed by atoms with Gasteiger partial charge < -0.3 is 15.0 Å². The maximum absolute atomic E-state index is 13.1. The molecule has 0 aromatic heterocycles. The molecule has 0 aliphatic heterocycles. The van der Waals surface area contributed by atoms with Crippen molar-refractivity contribution in [2.24, 2.45) is 0 Å². The Morgan fingerprint density at radius 3 is 2.20 bits per heavy atom. The van der Waals surface area contributed by atoms with Crippen LogP contribution in [0.25, 0.3) is 0 Å². The smallest absolute Gasteiger partial charge is 0.261 e. The van der Waals surface area contributed by atoms with E-state index in [9.17, 15) is 9.59 Å². The Balaban J connectivity index is 2.21. The van der Waals surface area contributed by atoms with Crippen molar-refractivity contribution in [3.63, 3.8) is 0 Å². The fourth-order valence-corrected chi connectivity index (χ4v) is 3.29. The number of amides is 2. The Labute approximate surface area is 187 Å². The van der Waals surface area contributed by atoms with Crippen LogP contribution in [0.3, 0.4) is 0 Å². The monoisotopic (exact) mass is 474 g/mol. The summed E-state index contributed by atoms with van der Waals surface area (Å²) in [6.45, 7) is 9.94. The highest BCUT2D eigenvalue weighted by Gasteiger charge is 2.30. The Kier molecular flexibility index (Phi) is 8.47. The molecule has 162 valence electrons. The van der Waals surface area contributed by atoms with Crippen molar-refractivity contribution in [1.82, 2.24) is 10.2 Å². The number of nitrogens with zero attached hydrogens (tertiary/aromatic N) is 1. The molecule has 2 rings (SSSR count). The lowest BCUT2D eigenvalue weighted by Gasteiger charge is -2.33. The molecular formula is C24H31BrN2O3. The van der Waals surface area contributed by atoms with Crippen LogP contribution in [0, 0.1) is 6.92 Å². The minimum Gasteiger partial charge on any atom is -0.484 e. The number of benzene rings is 2. The van der Waals surface area contributed by atoms with Crippen molar-refractivity contribution in [2.75, 3.05) is 6.61 Å². The summed E-state index contributed by atoms with van der Waals surface area (Å²) in [5.41, 5.74) is 1.74. The standard InChI is InChI=1S/C24H31BrN2O3/c1-6-21(23(29)26-24(3,4)5)27(15-18-9-7-17(2)8-10-18)22(28)16-30-20-13-11-19(25)12-14-20/h7-14,21H,6,15-16H2,1-5H3,(H,26,29). The van der Waals surface area contributed by atoms with Crippen molar-refractivity contribution in [3.05, 3.63) is 64.1 Å². The van der Waals surface area contributed by atoms with Crippen molar-refractivity contribution >= 4 is 27.7 Å². The largest absolute Gasteiger partial charge is 0.484 e. The van der Waals surface area contributed by atoms with Gasteiger partial charge in [-0.1, -0.05) is 52.7 Å². The average Bonchev–Trinajstić information content (AvgIpc) is 2.67. The topological polar surface area (TPSA) is 58.6 Å². The zero-order valence-corrected chi connectivity index (χ0v) is 20.0. The third-order valence-electron chi connectivity index (χ3n) is 4.53. The molecule has 0 aliphatic rings. The summed E-state index contributed by atoms with van der Waals surface area (Å²) in [6.07, 6.45) is 0.512. The first kappa shape index (κ1) is 23.9. The number of halogens is 1. The third-order valence-corrected chi connectivity index (χ3v) is 5.06. The van der Waals surface area contributed by atoms with Gasteiger partial charge in [0.15, 0.2) is 6.61 Å². The van der Waals surface area contributed by atoms with Crippen molar-refractivity contribution in [2.45, 2.75) is 59.2 Å². The average molecular weight is 475 g/mol. The molecule has 0 saturated carbocycles. The molecule has 5 nitrogen and oxygen atoms in total. The van der Waals surface area contributed by atoms with E-state index < -0.39 is 6.04 Å². The number of aryl methyl sites for hydroxylation is 1. The van der Waals surface area contributed by atoms with Crippen molar-refractivity contribution < 1.29 is 14.3 Å². The van der Waals surface area contributed by atoms with Crippen LogP contribution >= 0.6 is 15.9 Å². The molecule has 0 bridgehead atoms. The van der Waals surface area contributed by atoms with Gasteiger partial charge in [0.05, 0.1) is 0 Å². The summed E-state index contributed by atoms with van der Waals surface area (Å²) in [5.74, 6) is 0.220. The number of ether oxygens (including phenoxy) is 1. The number of nitrogens with one attached hydrogen (secondary N) is 1.